The molecule has 1 aliphatic rings. The molecule has 3 rings (SSSR count). The summed E-state index contributed by atoms with van der Waals surface area (Å²) in [6.07, 6.45) is 1.82. The van der Waals surface area contributed by atoms with E-state index in [9.17, 15) is 9.59 Å². The Labute approximate surface area is 122 Å². The summed E-state index contributed by atoms with van der Waals surface area (Å²) in [5.41, 5.74) is 3.76. The number of rotatable bonds is 3. The second-order valence-electron chi connectivity index (χ2n) is 5.09. The van der Waals surface area contributed by atoms with Gasteiger partial charge in [-0.1, -0.05) is 6.07 Å². The Morgan fingerprint density at radius 3 is 2.57 bits per heavy atom. The fourth-order valence-electron chi connectivity index (χ4n) is 2.28. The first-order valence-corrected chi connectivity index (χ1v) is 6.68. The van der Waals surface area contributed by atoms with Crippen LogP contribution >= 0.6 is 0 Å². The van der Waals surface area contributed by atoms with Crippen LogP contribution in [-0.4, -0.2) is 28.7 Å². The van der Waals surface area contributed by atoms with E-state index < -0.39 is 0 Å². The minimum absolute atomic E-state index is 0.246. The van der Waals surface area contributed by atoms with Gasteiger partial charge < -0.3 is 5.32 Å². The van der Waals surface area contributed by atoms with Crippen molar-refractivity contribution in [3.8, 4) is 0 Å². The van der Waals surface area contributed by atoms with Gasteiger partial charge >= 0.3 is 0 Å². The van der Waals surface area contributed by atoms with Gasteiger partial charge in [-0.25, -0.2) is 0 Å². The van der Waals surface area contributed by atoms with Crippen LogP contribution in [0.4, 0.5) is 5.69 Å². The van der Waals surface area contributed by atoms with Crippen molar-refractivity contribution in [1.29, 1.82) is 0 Å². The number of carbonyl (C=O) groups is 2. The van der Waals surface area contributed by atoms with E-state index >= 15 is 0 Å². The Kier molecular flexibility index (Phi) is 3.17. The largest absolute Gasteiger partial charge is 0.381 e. The van der Waals surface area contributed by atoms with E-state index in [2.05, 4.69) is 10.3 Å². The molecule has 5 heteroatoms. The number of amides is 2. The van der Waals surface area contributed by atoms with Gasteiger partial charge in [0.2, 0.25) is 0 Å². The van der Waals surface area contributed by atoms with Gasteiger partial charge in [0.05, 0.1) is 11.1 Å². The van der Waals surface area contributed by atoms with Crippen LogP contribution in [0.3, 0.4) is 0 Å². The predicted octanol–water partition coefficient (Wildman–Crippen LogP) is 2.23. The molecule has 0 fully saturated rings. The molecule has 1 N–H and O–H groups in total. The lowest BCUT2D eigenvalue weighted by Crippen LogP contribution is -2.24. The second-order valence-corrected chi connectivity index (χ2v) is 5.09. The van der Waals surface area contributed by atoms with Crippen LogP contribution < -0.4 is 5.32 Å². The molecule has 5 nitrogen and oxygen atoms in total. The van der Waals surface area contributed by atoms with Gasteiger partial charge in [0.25, 0.3) is 11.8 Å². The second kappa shape index (κ2) is 5.01. The Hall–Kier alpha value is -2.69. The quantitative estimate of drug-likeness (QED) is 0.876. The maximum Gasteiger partial charge on any atom is 0.261 e. The lowest BCUT2D eigenvalue weighted by atomic mass is 10.1. The van der Waals surface area contributed by atoms with Crippen molar-refractivity contribution in [3.05, 3.63) is 58.9 Å². The lowest BCUT2D eigenvalue weighted by molar-refractivity contribution is 0.0693. The van der Waals surface area contributed by atoms with Crippen LogP contribution in [0.5, 0.6) is 0 Å². The summed E-state index contributed by atoms with van der Waals surface area (Å²) in [5, 5.41) is 3.24. The van der Waals surface area contributed by atoms with Crippen molar-refractivity contribution in [3.63, 3.8) is 0 Å². The molecule has 1 aromatic heterocycles. The predicted molar refractivity (Wildman–Crippen MR) is 79.2 cm³/mol. The van der Waals surface area contributed by atoms with E-state index in [-0.39, 0.29) is 11.8 Å². The van der Waals surface area contributed by atoms with Gasteiger partial charge in [-0.3, -0.25) is 19.5 Å². The number of aromatic nitrogens is 1. The Morgan fingerprint density at radius 2 is 1.86 bits per heavy atom. The first-order chi connectivity index (χ1) is 10.1. The fraction of sp³-hybridized carbons (Fsp3) is 0.188. The molecule has 2 amide bonds. The van der Waals surface area contributed by atoms with Gasteiger partial charge in [-0.2, -0.15) is 0 Å². The van der Waals surface area contributed by atoms with Crippen molar-refractivity contribution in [2.75, 3.05) is 12.4 Å². The van der Waals surface area contributed by atoms with Crippen molar-refractivity contribution in [1.82, 2.24) is 9.88 Å². The number of carbonyl (C=O) groups excluding carboxylic acids is 2. The van der Waals surface area contributed by atoms with E-state index in [4.69, 9.17) is 0 Å². The SMILES string of the molecule is Cc1ccc(CNc2ccc3c(c2)C(=O)N(C)C3=O)cn1. The third-order valence-electron chi connectivity index (χ3n) is 3.56. The Bertz CT molecular complexity index is 723. The summed E-state index contributed by atoms with van der Waals surface area (Å²) in [5.74, 6) is -0.500. The minimum Gasteiger partial charge on any atom is -0.381 e. The standard InChI is InChI=1S/C16H15N3O2/c1-10-3-4-11(8-17-10)9-18-12-5-6-13-14(7-12)16(21)19(2)15(13)20/h3-8,18H,9H2,1-2H3. The van der Waals surface area contributed by atoms with Crippen molar-refractivity contribution < 1.29 is 9.59 Å². The fourth-order valence-corrected chi connectivity index (χ4v) is 2.28. The summed E-state index contributed by atoms with van der Waals surface area (Å²) in [6, 6.07) is 9.18. The molecule has 2 heterocycles. The van der Waals surface area contributed by atoms with Gasteiger partial charge in [-0.05, 0) is 36.8 Å². The summed E-state index contributed by atoms with van der Waals surface area (Å²) in [4.78, 5) is 29.1. The normalized spacial score (nSPS) is 13.5. The molecule has 2 aromatic rings. The highest BCUT2D eigenvalue weighted by Gasteiger charge is 2.32. The number of nitrogens with zero attached hydrogens (tertiary/aromatic N) is 2. The zero-order valence-electron chi connectivity index (χ0n) is 11.9. The minimum atomic E-state index is -0.254. The molecular weight excluding hydrogens is 266 g/mol. The molecule has 0 radical (unpaired) electrons. The molecule has 0 saturated heterocycles. The number of hydrogen-bond donors (Lipinski definition) is 1. The monoisotopic (exact) mass is 281 g/mol. The van der Waals surface area contributed by atoms with E-state index in [0.29, 0.717) is 17.7 Å². The summed E-state index contributed by atoms with van der Waals surface area (Å²) < 4.78 is 0. The first kappa shape index (κ1) is 13.3. The van der Waals surface area contributed by atoms with Crippen LogP contribution in [-0.2, 0) is 6.54 Å². The molecule has 0 spiro atoms. The van der Waals surface area contributed by atoms with E-state index in [1.807, 2.05) is 31.3 Å². The average Bonchev–Trinajstić information content (AvgIpc) is 2.71. The van der Waals surface area contributed by atoms with Gasteiger partial charge in [-0.15, -0.1) is 0 Å². The third kappa shape index (κ3) is 2.38. The number of nitrogens with one attached hydrogen (secondary N) is 1. The van der Waals surface area contributed by atoms with Crippen LogP contribution in [0, 0.1) is 6.92 Å². The number of hydrogen-bond acceptors (Lipinski definition) is 4. The van der Waals surface area contributed by atoms with Crippen molar-refractivity contribution in [2.45, 2.75) is 13.5 Å². The number of imide groups is 1. The molecule has 21 heavy (non-hydrogen) atoms. The Balaban J connectivity index is 1.78. The number of pyridine rings is 1. The van der Waals surface area contributed by atoms with E-state index in [1.54, 1.807) is 12.1 Å². The average molecular weight is 281 g/mol. The molecule has 0 bridgehead atoms. The lowest BCUT2D eigenvalue weighted by Gasteiger charge is -2.07. The summed E-state index contributed by atoms with van der Waals surface area (Å²) in [7, 11) is 1.50. The number of anilines is 1. The highest BCUT2D eigenvalue weighted by atomic mass is 16.2. The smallest absolute Gasteiger partial charge is 0.261 e. The summed E-state index contributed by atoms with van der Waals surface area (Å²) >= 11 is 0. The topological polar surface area (TPSA) is 62.3 Å². The Morgan fingerprint density at radius 1 is 1.10 bits per heavy atom. The zero-order valence-corrected chi connectivity index (χ0v) is 11.9. The molecule has 0 saturated carbocycles. The van der Waals surface area contributed by atoms with Gasteiger partial charge in [0.15, 0.2) is 0 Å². The third-order valence-corrected chi connectivity index (χ3v) is 3.56. The van der Waals surface area contributed by atoms with E-state index in [0.717, 1.165) is 21.8 Å². The van der Waals surface area contributed by atoms with Gasteiger partial charge in [0.1, 0.15) is 0 Å². The molecular formula is C16H15N3O2. The van der Waals surface area contributed by atoms with Crippen LogP contribution in [0.25, 0.3) is 0 Å². The molecule has 106 valence electrons. The van der Waals surface area contributed by atoms with Crippen LogP contribution in [0.15, 0.2) is 36.5 Å². The van der Waals surface area contributed by atoms with E-state index in [1.165, 1.54) is 7.05 Å². The molecule has 0 atom stereocenters. The van der Waals surface area contributed by atoms with Crippen molar-refractivity contribution in [2.24, 2.45) is 0 Å². The highest BCUT2D eigenvalue weighted by molar-refractivity contribution is 6.21. The van der Waals surface area contributed by atoms with Crippen LogP contribution in [0.1, 0.15) is 32.0 Å². The highest BCUT2D eigenvalue weighted by Crippen LogP contribution is 2.24. The summed E-state index contributed by atoms with van der Waals surface area (Å²) in [6.45, 7) is 2.56. The number of benzene rings is 1. The molecule has 1 aliphatic heterocycles. The zero-order chi connectivity index (χ0) is 15.0. The number of fused-ring (bicyclic) bond motifs is 1. The maximum absolute atomic E-state index is 11.9. The molecule has 0 aliphatic carbocycles. The molecule has 1 aromatic carbocycles. The van der Waals surface area contributed by atoms with Gasteiger partial charge in [0, 0.05) is 31.2 Å². The first-order valence-electron chi connectivity index (χ1n) is 6.68. The van der Waals surface area contributed by atoms with Crippen molar-refractivity contribution >= 4 is 17.5 Å². The van der Waals surface area contributed by atoms with Crippen LogP contribution in [0.2, 0.25) is 0 Å². The molecule has 0 unspecified atom stereocenters. The maximum atomic E-state index is 11.9. The number of aryl methyl sites for hydroxylation is 1.